The second-order valence-corrected chi connectivity index (χ2v) is 10.5. The van der Waals surface area contributed by atoms with E-state index in [4.69, 9.17) is 0 Å². The lowest BCUT2D eigenvalue weighted by molar-refractivity contribution is 0.224. The number of allylic oxidation sites excluding steroid dienone is 4. The fraction of sp³-hybridized carbons (Fsp3) is 0.733. The summed E-state index contributed by atoms with van der Waals surface area (Å²) in [6.45, 7) is 17.2. The molecule has 0 aromatic carbocycles. The summed E-state index contributed by atoms with van der Waals surface area (Å²) in [7, 11) is -0.628. The topological polar surface area (TPSA) is 0 Å². The van der Waals surface area contributed by atoms with Gasteiger partial charge in [-0.15, -0.1) is 0 Å². The van der Waals surface area contributed by atoms with Crippen molar-refractivity contribution in [1.82, 2.24) is 0 Å². The lowest BCUT2D eigenvalue weighted by atomic mass is 9.68. The summed E-state index contributed by atoms with van der Waals surface area (Å²) in [5.74, 6) is 0.748. The van der Waals surface area contributed by atoms with Gasteiger partial charge in [0.2, 0.25) is 0 Å². The maximum Gasteiger partial charge on any atom is 0.0368 e. The molecule has 0 amide bonds. The van der Waals surface area contributed by atoms with Gasteiger partial charge < -0.3 is 0 Å². The van der Waals surface area contributed by atoms with Crippen molar-refractivity contribution in [2.24, 2.45) is 11.3 Å². The molecule has 0 nitrogen and oxygen atoms in total. The lowest BCUT2D eigenvalue weighted by Crippen LogP contribution is -2.37. The van der Waals surface area contributed by atoms with Crippen molar-refractivity contribution in [3.05, 3.63) is 23.8 Å². The third kappa shape index (κ3) is 2.34. The molecule has 1 heteroatoms. The van der Waals surface area contributed by atoms with E-state index in [0.717, 1.165) is 12.3 Å². The smallest absolute Gasteiger partial charge is 0.0368 e. The first-order chi connectivity index (χ1) is 7.20. The van der Waals surface area contributed by atoms with Crippen LogP contribution in [0.15, 0.2) is 23.8 Å². The highest BCUT2D eigenvalue weighted by Gasteiger charge is 2.41. The Kier molecular flexibility index (Phi) is 3.89. The largest absolute Gasteiger partial charge is 0.0804 e. The summed E-state index contributed by atoms with van der Waals surface area (Å²) in [6.07, 6.45) is 7.98. The molecule has 1 unspecified atom stereocenters. The van der Waals surface area contributed by atoms with Gasteiger partial charge in [-0.05, 0) is 22.8 Å². The fourth-order valence-corrected chi connectivity index (χ4v) is 4.05. The quantitative estimate of drug-likeness (QED) is 0.615. The third-order valence-corrected chi connectivity index (χ3v) is 8.76. The maximum atomic E-state index is 2.48. The summed E-state index contributed by atoms with van der Waals surface area (Å²) < 4.78 is 0. The molecule has 0 spiro atoms. The van der Waals surface area contributed by atoms with E-state index in [1.165, 1.54) is 0 Å². The van der Waals surface area contributed by atoms with Crippen LogP contribution in [0.3, 0.4) is 0 Å². The molecule has 1 aliphatic carbocycles. The van der Waals surface area contributed by atoms with Crippen LogP contribution in [-0.2, 0) is 0 Å². The highest BCUT2D eigenvalue weighted by atomic mass is 28.3. The van der Waals surface area contributed by atoms with Gasteiger partial charge in [-0.1, -0.05) is 71.5 Å². The summed E-state index contributed by atoms with van der Waals surface area (Å²) in [5, 5.41) is 0.521. The Morgan fingerprint density at radius 2 is 1.75 bits per heavy atom. The first-order valence-electron chi connectivity index (χ1n) is 6.57. The summed E-state index contributed by atoms with van der Waals surface area (Å²) in [4.78, 5) is 0. The van der Waals surface area contributed by atoms with Crippen molar-refractivity contribution in [3.63, 3.8) is 0 Å². The molecule has 0 N–H and O–H groups in total. The van der Waals surface area contributed by atoms with E-state index in [9.17, 15) is 0 Å². The van der Waals surface area contributed by atoms with Crippen LogP contribution in [0.4, 0.5) is 0 Å². The van der Waals surface area contributed by atoms with Gasteiger partial charge in [0, 0.05) is 8.80 Å². The van der Waals surface area contributed by atoms with Gasteiger partial charge in [0.25, 0.3) is 0 Å². The Labute approximate surface area is 103 Å². The van der Waals surface area contributed by atoms with Gasteiger partial charge in [-0.2, -0.15) is 0 Å². The molecular formula is C15H28Si. The molecule has 1 rings (SSSR count). The zero-order valence-electron chi connectivity index (χ0n) is 12.1. The highest BCUT2D eigenvalue weighted by molar-refractivity contribution is 6.59. The van der Waals surface area contributed by atoms with E-state index in [1.807, 2.05) is 0 Å². The predicted molar refractivity (Wildman–Crippen MR) is 77.7 cm³/mol. The fourth-order valence-electron chi connectivity index (χ4n) is 2.63. The molecule has 0 aliphatic heterocycles. The molecule has 0 aromatic heterocycles. The zero-order valence-corrected chi connectivity index (χ0v) is 13.2. The van der Waals surface area contributed by atoms with Crippen LogP contribution in [0, 0.1) is 11.3 Å². The van der Waals surface area contributed by atoms with Crippen LogP contribution >= 0.6 is 0 Å². The lowest BCUT2D eigenvalue weighted by Gasteiger charge is -2.46. The second kappa shape index (κ2) is 4.52. The zero-order chi connectivity index (χ0) is 12.6. The SMILES string of the molecule is CC(C(C)(C)C1=CC=CC1)C(C)(C)[SiH](C)C. The molecule has 16 heavy (non-hydrogen) atoms. The summed E-state index contributed by atoms with van der Waals surface area (Å²) in [6, 6.07) is 0. The minimum Gasteiger partial charge on any atom is -0.0804 e. The molecule has 0 radical (unpaired) electrons. The number of hydrogen-bond acceptors (Lipinski definition) is 0. The van der Waals surface area contributed by atoms with Crippen molar-refractivity contribution >= 4 is 8.80 Å². The third-order valence-electron chi connectivity index (χ3n) is 5.29. The van der Waals surface area contributed by atoms with Crippen LogP contribution in [0.2, 0.25) is 18.1 Å². The van der Waals surface area contributed by atoms with Crippen LogP contribution < -0.4 is 0 Å². The van der Waals surface area contributed by atoms with Gasteiger partial charge in [0.1, 0.15) is 0 Å². The monoisotopic (exact) mass is 236 g/mol. The van der Waals surface area contributed by atoms with Crippen molar-refractivity contribution in [3.8, 4) is 0 Å². The highest BCUT2D eigenvalue weighted by Crippen LogP contribution is 2.51. The van der Waals surface area contributed by atoms with Gasteiger partial charge >= 0.3 is 0 Å². The van der Waals surface area contributed by atoms with E-state index in [0.29, 0.717) is 10.5 Å². The van der Waals surface area contributed by atoms with Gasteiger partial charge in [-0.3, -0.25) is 0 Å². The van der Waals surface area contributed by atoms with Crippen molar-refractivity contribution in [1.29, 1.82) is 0 Å². The molecule has 0 heterocycles. The minimum atomic E-state index is -0.628. The molecule has 0 aromatic rings. The van der Waals surface area contributed by atoms with Gasteiger partial charge in [0.15, 0.2) is 0 Å². The Morgan fingerprint density at radius 3 is 2.12 bits per heavy atom. The Bertz CT molecular complexity index is 305. The van der Waals surface area contributed by atoms with Crippen LogP contribution in [0.1, 0.15) is 41.0 Å². The van der Waals surface area contributed by atoms with E-state index < -0.39 is 8.80 Å². The molecular weight excluding hydrogens is 208 g/mol. The average molecular weight is 236 g/mol. The standard InChI is InChI=1S/C15H28Si/c1-12(15(4,5)16(6)7)14(2,3)13-10-8-9-11-13/h8-10,12,16H,11H2,1-7H3. The minimum absolute atomic E-state index is 0.338. The summed E-state index contributed by atoms with van der Waals surface area (Å²) >= 11 is 0. The first kappa shape index (κ1) is 13.8. The van der Waals surface area contributed by atoms with Crippen LogP contribution in [0.25, 0.3) is 0 Å². The second-order valence-electron chi connectivity index (χ2n) is 6.74. The van der Waals surface area contributed by atoms with Crippen molar-refractivity contribution < 1.29 is 0 Å². The van der Waals surface area contributed by atoms with Gasteiger partial charge in [-0.25, -0.2) is 0 Å². The predicted octanol–water partition coefficient (Wildman–Crippen LogP) is 4.80. The first-order valence-corrected chi connectivity index (χ1v) is 9.45. The Hall–Kier alpha value is -0.303. The van der Waals surface area contributed by atoms with E-state index >= 15 is 0 Å². The molecule has 0 bridgehead atoms. The van der Waals surface area contributed by atoms with E-state index in [1.54, 1.807) is 5.57 Å². The molecule has 1 atom stereocenters. The molecule has 0 saturated heterocycles. The van der Waals surface area contributed by atoms with Crippen LogP contribution in [-0.4, -0.2) is 8.80 Å². The average Bonchev–Trinajstić information content (AvgIpc) is 2.69. The molecule has 92 valence electrons. The van der Waals surface area contributed by atoms with Crippen molar-refractivity contribution in [2.45, 2.75) is 59.2 Å². The Balaban J connectivity index is 2.91. The molecule has 0 saturated carbocycles. The number of rotatable bonds is 4. The number of hydrogen-bond donors (Lipinski definition) is 0. The molecule has 0 fully saturated rings. The van der Waals surface area contributed by atoms with Gasteiger partial charge in [0.05, 0.1) is 0 Å². The summed E-state index contributed by atoms with van der Waals surface area (Å²) in [5.41, 5.74) is 1.95. The normalized spacial score (nSPS) is 19.1. The molecule has 1 aliphatic rings. The Morgan fingerprint density at radius 1 is 1.19 bits per heavy atom. The van der Waals surface area contributed by atoms with E-state index in [-0.39, 0.29) is 0 Å². The van der Waals surface area contributed by atoms with Crippen LogP contribution in [0.5, 0.6) is 0 Å². The maximum absolute atomic E-state index is 2.48. The van der Waals surface area contributed by atoms with E-state index in [2.05, 4.69) is 65.9 Å². The van der Waals surface area contributed by atoms with Crippen molar-refractivity contribution in [2.75, 3.05) is 0 Å².